The van der Waals surface area contributed by atoms with Crippen molar-refractivity contribution in [1.82, 2.24) is 10.3 Å². The highest BCUT2D eigenvalue weighted by molar-refractivity contribution is 5.97. The van der Waals surface area contributed by atoms with E-state index < -0.39 is 12.1 Å². The number of aliphatic hydroxyl groups is 1. The van der Waals surface area contributed by atoms with E-state index in [9.17, 15) is 9.90 Å². The van der Waals surface area contributed by atoms with Gasteiger partial charge in [-0.1, -0.05) is 89.0 Å². The van der Waals surface area contributed by atoms with Gasteiger partial charge in [0.1, 0.15) is 0 Å². The number of aromatic nitrogens is 1. The molecule has 2 N–H and O–H groups in total. The SMILES string of the molecule is Cc1ccc(C(NC(=O)c2cccc(C)c2)C(C)O)cc1.Cc1cccc(-c2ncc(C)c3ccc(C)cc23)c1. The molecular weight excluding hydrogens is 492 g/mol. The number of hydrogen-bond donors (Lipinski definition) is 2. The Morgan fingerprint density at radius 2 is 1.35 bits per heavy atom. The maximum atomic E-state index is 12.3. The second-order valence-electron chi connectivity index (χ2n) is 10.7. The predicted octanol–water partition coefficient (Wildman–Crippen LogP) is 7.98. The third-order valence-electron chi connectivity index (χ3n) is 7.02. The Morgan fingerprint density at radius 1 is 0.725 bits per heavy atom. The average molecular weight is 531 g/mol. The number of aliphatic hydroxyl groups excluding tert-OH is 1. The summed E-state index contributed by atoms with van der Waals surface area (Å²) >= 11 is 0. The van der Waals surface area contributed by atoms with E-state index in [1.165, 1.54) is 33.0 Å². The summed E-state index contributed by atoms with van der Waals surface area (Å²) in [4.78, 5) is 17.0. The molecule has 2 atom stereocenters. The van der Waals surface area contributed by atoms with Crippen LogP contribution in [0.5, 0.6) is 0 Å². The minimum Gasteiger partial charge on any atom is -0.391 e. The molecule has 0 aliphatic rings. The quantitative estimate of drug-likeness (QED) is 0.242. The van der Waals surface area contributed by atoms with Gasteiger partial charge < -0.3 is 10.4 Å². The van der Waals surface area contributed by atoms with Gasteiger partial charge in [-0.05, 0) is 82.3 Å². The molecule has 0 aliphatic carbocycles. The molecule has 1 amide bonds. The molecule has 0 aliphatic heterocycles. The third-order valence-corrected chi connectivity index (χ3v) is 7.02. The lowest BCUT2D eigenvalue weighted by Gasteiger charge is -2.22. The van der Waals surface area contributed by atoms with Gasteiger partial charge >= 0.3 is 0 Å². The van der Waals surface area contributed by atoms with Crippen molar-refractivity contribution in [3.63, 3.8) is 0 Å². The van der Waals surface area contributed by atoms with E-state index in [1.54, 1.807) is 13.0 Å². The lowest BCUT2D eigenvalue weighted by Crippen LogP contribution is -2.35. The van der Waals surface area contributed by atoms with Gasteiger partial charge in [-0.25, -0.2) is 0 Å². The fourth-order valence-electron chi connectivity index (χ4n) is 4.79. The van der Waals surface area contributed by atoms with E-state index in [4.69, 9.17) is 0 Å². The summed E-state index contributed by atoms with van der Waals surface area (Å²) < 4.78 is 0. The van der Waals surface area contributed by atoms with E-state index in [0.29, 0.717) is 5.56 Å². The Bertz CT molecular complexity index is 1620. The number of amides is 1. The molecule has 0 saturated heterocycles. The minimum atomic E-state index is -0.665. The van der Waals surface area contributed by atoms with Crippen molar-refractivity contribution in [2.45, 2.75) is 53.7 Å². The van der Waals surface area contributed by atoms with Crippen LogP contribution in [0.15, 0.2) is 97.2 Å². The van der Waals surface area contributed by atoms with Crippen molar-refractivity contribution in [1.29, 1.82) is 0 Å². The summed E-state index contributed by atoms with van der Waals surface area (Å²) in [5, 5.41) is 15.4. The molecule has 5 rings (SSSR count). The highest BCUT2D eigenvalue weighted by Gasteiger charge is 2.20. The molecule has 204 valence electrons. The number of rotatable bonds is 5. The molecule has 0 saturated carbocycles. The van der Waals surface area contributed by atoms with Gasteiger partial charge in [0.2, 0.25) is 0 Å². The molecule has 1 heterocycles. The highest BCUT2D eigenvalue weighted by Crippen LogP contribution is 2.29. The van der Waals surface area contributed by atoms with Gasteiger partial charge in [-0.3, -0.25) is 9.78 Å². The van der Waals surface area contributed by atoms with Crippen LogP contribution in [0.1, 0.15) is 56.7 Å². The van der Waals surface area contributed by atoms with Crippen molar-refractivity contribution < 1.29 is 9.90 Å². The number of nitrogens with zero attached hydrogens (tertiary/aromatic N) is 1. The van der Waals surface area contributed by atoms with Gasteiger partial charge in [0, 0.05) is 22.7 Å². The number of fused-ring (bicyclic) bond motifs is 1. The van der Waals surface area contributed by atoms with Crippen molar-refractivity contribution >= 4 is 16.7 Å². The number of hydrogen-bond acceptors (Lipinski definition) is 3. The second-order valence-corrected chi connectivity index (χ2v) is 10.7. The maximum absolute atomic E-state index is 12.3. The van der Waals surface area contributed by atoms with E-state index in [2.05, 4.69) is 73.5 Å². The summed E-state index contributed by atoms with van der Waals surface area (Å²) in [6, 6.07) is 29.9. The summed E-state index contributed by atoms with van der Waals surface area (Å²) in [6.45, 7) is 12.0. The molecule has 5 aromatic rings. The van der Waals surface area contributed by atoms with Crippen molar-refractivity contribution in [3.05, 3.63) is 136 Å². The Labute approximate surface area is 237 Å². The highest BCUT2D eigenvalue weighted by atomic mass is 16.3. The number of pyridine rings is 1. The van der Waals surface area contributed by atoms with Crippen LogP contribution in [-0.2, 0) is 0 Å². The summed E-state index contributed by atoms with van der Waals surface area (Å²) in [6.07, 6.45) is 1.30. The fraction of sp³-hybridized carbons (Fsp3) is 0.222. The Balaban J connectivity index is 0.000000186. The summed E-state index contributed by atoms with van der Waals surface area (Å²) in [7, 11) is 0. The molecule has 0 bridgehead atoms. The Morgan fingerprint density at radius 3 is 2.00 bits per heavy atom. The minimum absolute atomic E-state index is 0.176. The lowest BCUT2D eigenvalue weighted by molar-refractivity contribution is 0.0858. The van der Waals surface area contributed by atoms with Crippen LogP contribution in [0.3, 0.4) is 0 Å². The summed E-state index contributed by atoms with van der Waals surface area (Å²) in [5.74, 6) is -0.176. The first-order valence-corrected chi connectivity index (χ1v) is 13.7. The first kappa shape index (κ1) is 28.7. The first-order valence-electron chi connectivity index (χ1n) is 13.7. The van der Waals surface area contributed by atoms with E-state index in [-0.39, 0.29) is 5.91 Å². The van der Waals surface area contributed by atoms with Crippen molar-refractivity contribution in [2.75, 3.05) is 0 Å². The van der Waals surface area contributed by atoms with Crippen LogP contribution in [0.4, 0.5) is 0 Å². The standard InChI is InChI=1S/C18H21NO2.C18H17N/c1-12-7-9-15(10-8-12)17(14(3)20)19-18(21)16-6-4-5-13(2)11-16;1-12-5-4-6-15(9-12)18-17-10-13(2)7-8-16(17)14(3)11-19-18/h4-11,14,17,20H,1-3H3,(H,19,21);4-11H,1-3H3. The monoisotopic (exact) mass is 530 g/mol. The zero-order valence-corrected chi connectivity index (χ0v) is 24.2. The first-order chi connectivity index (χ1) is 19.1. The number of benzene rings is 4. The molecule has 0 fully saturated rings. The topological polar surface area (TPSA) is 62.2 Å². The maximum Gasteiger partial charge on any atom is 0.251 e. The largest absolute Gasteiger partial charge is 0.391 e. The van der Waals surface area contributed by atoms with Crippen LogP contribution in [0.2, 0.25) is 0 Å². The van der Waals surface area contributed by atoms with Crippen LogP contribution in [0, 0.1) is 34.6 Å². The molecule has 4 nitrogen and oxygen atoms in total. The molecule has 4 heteroatoms. The number of carbonyl (C=O) groups excluding carboxylic acids is 1. The van der Waals surface area contributed by atoms with Gasteiger partial charge in [-0.15, -0.1) is 0 Å². The van der Waals surface area contributed by atoms with Crippen LogP contribution >= 0.6 is 0 Å². The third kappa shape index (κ3) is 7.02. The second kappa shape index (κ2) is 12.7. The van der Waals surface area contributed by atoms with E-state index in [0.717, 1.165) is 22.4 Å². The van der Waals surface area contributed by atoms with Crippen LogP contribution in [0.25, 0.3) is 22.0 Å². The van der Waals surface area contributed by atoms with E-state index >= 15 is 0 Å². The number of nitrogens with one attached hydrogen (secondary N) is 1. The van der Waals surface area contributed by atoms with Crippen molar-refractivity contribution in [3.8, 4) is 11.3 Å². The van der Waals surface area contributed by atoms with Gasteiger partial charge in [0.15, 0.2) is 0 Å². The molecule has 40 heavy (non-hydrogen) atoms. The summed E-state index contributed by atoms with van der Waals surface area (Å²) in [5.41, 5.74) is 9.72. The molecule has 4 aromatic carbocycles. The average Bonchev–Trinajstić information content (AvgIpc) is 2.92. The molecule has 2 unspecified atom stereocenters. The van der Waals surface area contributed by atoms with Crippen LogP contribution < -0.4 is 5.32 Å². The lowest BCUT2D eigenvalue weighted by atomic mass is 9.99. The fourth-order valence-corrected chi connectivity index (χ4v) is 4.79. The zero-order chi connectivity index (χ0) is 28.8. The molecular formula is C36H38N2O2. The Kier molecular flexibility index (Phi) is 9.13. The predicted molar refractivity (Wildman–Crippen MR) is 166 cm³/mol. The normalized spacial score (nSPS) is 12.3. The van der Waals surface area contributed by atoms with Gasteiger partial charge in [0.25, 0.3) is 5.91 Å². The Hall–Kier alpha value is -4.28. The number of carbonyl (C=O) groups is 1. The smallest absolute Gasteiger partial charge is 0.251 e. The molecule has 1 aromatic heterocycles. The molecule has 0 spiro atoms. The molecule has 0 radical (unpaired) electrons. The van der Waals surface area contributed by atoms with Crippen LogP contribution in [-0.4, -0.2) is 22.1 Å². The zero-order valence-electron chi connectivity index (χ0n) is 24.2. The number of aryl methyl sites for hydroxylation is 5. The van der Waals surface area contributed by atoms with Gasteiger partial charge in [-0.2, -0.15) is 0 Å². The van der Waals surface area contributed by atoms with Gasteiger partial charge in [0.05, 0.1) is 17.8 Å². The van der Waals surface area contributed by atoms with Crippen molar-refractivity contribution in [2.24, 2.45) is 0 Å². The van der Waals surface area contributed by atoms with E-state index in [1.807, 2.05) is 62.5 Å².